The highest BCUT2D eigenvalue weighted by atomic mass is 35.5. The van der Waals surface area contributed by atoms with Crippen LogP contribution in [0.2, 0.25) is 5.02 Å². The van der Waals surface area contributed by atoms with Crippen LogP contribution in [-0.2, 0) is 21.4 Å². The van der Waals surface area contributed by atoms with Crippen LogP contribution in [0.3, 0.4) is 0 Å². The number of sulfonamides is 1. The van der Waals surface area contributed by atoms with Crippen molar-refractivity contribution >= 4 is 38.9 Å². The van der Waals surface area contributed by atoms with E-state index < -0.39 is 10.0 Å². The number of nitrogens with one attached hydrogen (secondary N) is 1. The second-order valence-electron chi connectivity index (χ2n) is 7.69. The van der Waals surface area contributed by atoms with Gasteiger partial charge in [0.1, 0.15) is 0 Å². The zero-order chi connectivity index (χ0) is 22.9. The highest BCUT2D eigenvalue weighted by molar-refractivity contribution is 7.89. The van der Waals surface area contributed by atoms with Gasteiger partial charge in [-0.3, -0.25) is 4.79 Å². The van der Waals surface area contributed by atoms with Crippen molar-refractivity contribution in [2.75, 3.05) is 13.1 Å². The second kappa shape index (κ2) is 9.30. The standard InChI is InChI=1S/C21H23ClN4O4S2/c1-13-19(11-18(31-13)20-24-14(2)30-25-20)32(28,29)26-9-7-16(8-10-26)21(27)23-12-15-3-5-17(22)6-4-15/h3-6,11,16H,7-10,12H2,1-2H3,(H,23,27). The molecule has 8 nitrogen and oxygen atoms in total. The Hall–Kier alpha value is -2.27. The van der Waals surface area contributed by atoms with Crippen molar-refractivity contribution in [2.45, 2.75) is 38.1 Å². The van der Waals surface area contributed by atoms with Gasteiger partial charge in [0.05, 0.1) is 9.77 Å². The van der Waals surface area contributed by atoms with Gasteiger partial charge in [0, 0.05) is 42.4 Å². The van der Waals surface area contributed by atoms with Crippen molar-refractivity contribution in [3.8, 4) is 10.7 Å². The number of piperidine rings is 1. The van der Waals surface area contributed by atoms with Gasteiger partial charge in [-0.25, -0.2) is 8.42 Å². The molecule has 4 rings (SSSR count). The molecule has 1 amide bonds. The Kier molecular flexibility index (Phi) is 6.66. The molecule has 0 atom stereocenters. The highest BCUT2D eigenvalue weighted by Gasteiger charge is 2.34. The summed E-state index contributed by atoms with van der Waals surface area (Å²) in [6.45, 7) is 4.47. The minimum Gasteiger partial charge on any atom is -0.352 e. The molecule has 0 unspecified atom stereocenters. The molecule has 0 bridgehead atoms. The first-order chi connectivity index (χ1) is 15.2. The van der Waals surface area contributed by atoms with E-state index in [2.05, 4.69) is 15.5 Å². The van der Waals surface area contributed by atoms with E-state index in [1.165, 1.54) is 15.6 Å². The number of hydrogen-bond acceptors (Lipinski definition) is 7. The quantitative estimate of drug-likeness (QED) is 0.559. The Bertz CT molecular complexity index is 1210. The Morgan fingerprint density at radius 1 is 1.25 bits per heavy atom. The molecule has 1 aliphatic heterocycles. The molecule has 1 saturated heterocycles. The third kappa shape index (κ3) is 4.88. The van der Waals surface area contributed by atoms with E-state index in [9.17, 15) is 13.2 Å². The summed E-state index contributed by atoms with van der Waals surface area (Å²) in [5.74, 6) is 0.536. The van der Waals surface area contributed by atoms with E-state index >= 15 is 0 Å². The predicted octanol–water partition coefficient (Wildman–Crippen LogP) is 3.79. The predicted molar refractivity (Wildman–Crippen MR) is 122 cm³/mol. The molecule has 1 fully saturated rings. The molecular formula is C21H23ClN4O4S2. The molecule has 32 heavy (non-hydrogen) atoms. The number of rotatable bonds is 6. The Balaban J connectivity index is 1.37. The summed E-state index contributed by atoms with van der Waals surface area (Å²) in [7, 11) is -3.67. The first-order valence-corrected chi connectivity index (χ1v) is 12.8. The van der Waals surface area contributed by atoms with Gasteiger partial charge in [0.2, 0.25) is 27.6 Å². The number of carbonyl (C=O) groups is 1. The van der Waals surface area contributed by atoms with Crippen LogP contribution in [0.5, 0.6) is 0 Å². The summed E-state index contributed by atoms with van der Waals surface area (Å²) in [5.41, 5.74) is 0.961. The van der Waals surface area contributed by atoms with E-state index in [-0.39, 0.29) is 16.7 Å². The molecule has 1 N–H and O–H groups in total. The molecular weight excluding hydrogens is 472 g/mol. The van der Waals surface area contributed by atoms with Crippen LogP contribution in [0.1, 0.15) is 29.2 Å². The monoisotopic (exact) mass is 494 g/mol. The number of benzene rings is 1. The van der Waals surface area contributed by atoms with Gasteiger partial charge in [-0.1, -0.05) is 28.9 Å². The molecule has 0 aliphatic carbocycles. The van der Waals surface area contributed by atoms with Crippen molar-refractivity contribution in [3.05, 3.63) is 51.7 Å². The van der Waals surface area contributed by atoms with Gasteiger partial charge >= 0.3 is 0 Å². The number of nitrogens with zero attached hydrogens (tertiary/aromatic N) is 3. The third-order valence-corrected chi connectivity index (χ3v) is 8.90. The topological polar surface area (TPSA) is 105 Å². The Morgan fingerprint density at radius 3 is 2.56 bits per heavy atom. The van der Waals surface area contributed by atoms with E-state index in [0.29, 0.717) is 59.0 Å². The number of aromatic nitrogens is 2. The Labute approximate surface area is 195 Å². The summed E-state index contributed by atoms with van der Waals surface area (Å²) >= 11 is 7.20. The summed E-state index contributed by atoms with van der Waals surface area (Å²) in [6.07, 6.45) is 0.956. The summed E-state index contributed by atoms with van der Waals surface area (Å²) in [5, 5.41) is 7.46. The fraction of sp³-hybridized carbons (Fsp3) is 0.381. The number of hydrogen-bond donors (Lipinski definition) is 1. The molecule has 1 aliphatic rings. The first-order valence-electron chi connectivity index (χ1n) is 10.2. The van der Waals surface area contributed by atoms with E-state index in [1.54, 1.807) is 32.0 Å². The summed E-state index contributed by atoms with van der Waals surface area (Å²) in [6, 6.07) is 8.90. The minimum absolute atomic E-state index is 0.0570. The molecule has 1 aromatic carbocycles. The number of halogens is 1. The lowest BCUT2D eigenvalue weighted by Crippen LogP contribution is -2.42. The summed E-state index contributed by atoms with van der Waals surface area (Å²) < 4.78 is 32.9. The molecule has 3 heterocycles. The van der Waals surface area contributed by atoms with Crippen molar-refractivity contribution in [2.24, 2.45) is 5.92 Å². The van der Waals surface area contributed by atoms with E-state index in [1.807, 2.05) is 12.1 Å². The van der Waals surface area contributed by atoms with Gasteiger partial charge in [0.15, 0.2) is 0 Å². The van der Waals surface area contributed by atoms with Crippen LogP contribution in [0.4, 0.5) is 0 Å². The maximum Gasteiger partial charge on any atom is 0.244 e. The minimum atomic E-state index is -3.67. The van der Waals surface area contributed by atoms with Crippen molar-refractivity contribution in [1.29, 1.82) is 0 Å². The van der Waals surface area contributed by atoms with Gasteiger partial charge in [0.25, 0.3) is 0 Å². The van der Waals surface area contributed by atoms with Crippen LogP contribution in [-0.4, -0.2) is 41.9 Å². The lowest BCUT2D eigenvalue weighted by Gasteiger charge is -2.30. The number of carbonyl (C=O) groups excluding carboxylic acids is 1. The number of amides is 1. The van der Waals surface area contributed by atoms with E-state index in [4.69, 9.17) is 16.1 Å². The van der Waals surface area contributed by atoms with Gasteiger partial charge in [-0.2, -0.15) is 9.29 Å². The smallest absolute Gasteiger partial charge is 0.244 e. The maximum absolute atomic E-state index is 13.2. The molecule has 0 radical (unpaired) electrons. The fourth-order valence-electron chi connectivity index (χ4n) is 3.66. The van der Waals surface area contributed by atoms with Crippen LogP contribution >= 0.6 is 22.9 Å². The van der Waals surface area contributed by atoms with Crippen LogP contribution in [0, 0.1) is 19.8 Å². The van der Waals surface area contributed by atoms with Gasteiger partial charge in [-0.05, 0) is 43.5 Å². The second-order valence-corrected chi connectivity index (χ2v) is 11.3. The van der Waals surface area contributed by atoms with Crippen molar-refractivity contribution < 1.29 is 17.7 Å². The lowest BCUT2D eigenvalue weighted by atomic mass is 9.97. The molecule has 11 heteroatoms. The van der Waals surface area contributed by atoms with Gasteiger partial charge in [-0.15, -0.1) is 11.3 Å². The van der Waals surface area contributed by atoms with Crippen LogP contribution in [0.25, 0.3) is 10.7 Å². The SMILES string of the molecule is Cc1nc(-c2cc(S(=O)(=O)N3CCC(C(=O)NCc4ccc(Cl)cc4)CC3)c(C)s2)no1. The number of aryl methyl sites for hydroxylation is 2. The van der Waals surface area contributed by atoms with Crippen molar-refractivity contribution in [3.63, 3.8) is 0 Å². The summed E-state index contributed by atoms with van der Waals surface area (Å²) in [4.78, 5) is 18.3. The third-order valence-electron chi connectivity index (χ3n) is 5.44. The zero-order valence-electron chi connectivity index (χ0n) is 17.7. The molecule has 3 aromatic rings. The van der Waals surface area contributed by atoms with Crippen LogP contribution < -0.4 is 5.32 Å². The number of thiophene rings is 1. The zero-order valence-corrected chi connectivity index (χ0v) is 20.1. The maximum atomic E-state index is 13.2. The fourth-order valence-corrected chi connectivity index (χ4v) is 6.75. The molecule has 170 valence electrons. The van der Waals surface area contributed by atoms with Crippen LogP contribution in [0.15, 0.2) is 39.8 Å². The largest absolute Gasteiger partial charge is 0.352 e. The lowest BCUT2D eigenvalue weighted by molar-refractivity contribution is -0.126. The normalized spacial score (nSPS) is 15.7. The molecule has 2 aromatic heterocycles. The van der Waals surface area contributed by atoms with Crippen molar-refractivity contribution in [1.82, 2.24) is 19.8 Å². The average Bonchev–Trinajstić information content (AvgIpc) is 3.39. The molecule has 0 spiro atoms. The van der Waals surface area contributed by atoms with Gasteiger partial charge < -0.3 is 9.84 Å². The first kappa shape index (κ1) is 22.9. The highest BCUT2D eigenvalue weighted by Crippen LogP contribution is 2.34. The molecule has 0 saturated carbocycles. The Morgan fingerprint density at radius 2 is 1.94 bits per heavy atom. The average molecular weight is 495 g/mol. The van der Waals surface area contributed by atoms with E-state index in [0.717, 1.165) is 5.56 Å².